The molecule has 2 N–H and O–H groups in total. The van der Waals surface area contributed by atoms with E-state index in [4.69, 9.17) is 10.5 Å². The molecule has 0 bridgehead atoms. The van der Waals surface area contributed by atoms with Crippen LogP contribution < -0.4 is 10.5 Å². The molecule has 0 radical (unpaired) electrons. The lowest BCUT2D eigenvalue weighted by atomic mass is 10.2. The monoisotopic (exact) mass is 309 g/mol. The van der Waals surface area contributed by atoms with Crippen molar-refractivity contribution < 1.29 is 13.5 Å². The SMILES string of the molecule is NCc1ccccc1OCCCSc1cc(F)ccc1F. The summed E-state index contributed by atoms with van der Waals surface area (Å²) < 4.78 is 32.1. The summed E-state index contributed by atoms with van der Waals surface area (Å²) in [6.45, 7) is 0.945. The molecule has 2 aromatic rings. The lowest BCUT2D eigenvalue weighted by Crippen LogP contribution is -2.04. The predicted molar refractivity (Wildman–Crippen MR) is 81.5 cm³/mol. The van der Waals surface area contributed by atoms with Crippen LogP contribution in [0.15, 0.2) is 47.4 Å². The summed E-state index contributed by atoms with van der Waals surface area (Å²) in [5.74, 6) is 0.621. The van der Waals surface area contributed by atoms with Crippen molar-refractivity contribution in [1.29, 1.82) is 0 Å². The van der Waals surface area contributed by atoms with Gasteiger partial charge in [0.25, 0.3) is 0 Å². The Hall–Kier alpha value is -1.59. The minimum atomic E-state index is -0.424. The van der Waals surface area contributed by atoms with Crippen LogP contribution in [-0.4, -0.2) is 12.4 Å². The van der Waals surface area contributed by atoms with E-state index in [9.17, 15) is 8.78 Å². The van der Waals surface area contributed by atoms with E-state index in [1.165, 1.54) is 17.8 Å². The first-order chi connectivity index (χ1) is 10.2. The van der Waals surface area contributed by atoms with Crippen LogP contribution in [0.3, 0.4) is 0 Å². The standard InChI is InChI=1S/C16H17F2NOS/c17-13-6-7-14(18)16(10-13)21-9-3-8-20-15-5-2-1-4-12(15)11-19/h1-2,4-7,10H,3,8-9,11,19H2. The van der Waals surface area contributed by atoms with Crippen molar-refractivity contribution in [3.05, 3.63) is 59.7 Å². The summed E-state index contributed by atoms with van der Waals surface area (Å²) >= 11 is 1.29. The second kappa shape index (κ2) is 8.00. The molecule has 5 heteroatoms. The van der Waals surface area contributed by atoms with Gasteiger partial charge in [-0.1, -0.05) is 18.2 Å². The molecule has 0 aliphatic carbocycles. The summed E-state index contributed by atoms with van der Waals surface area (Å²) in [6, 6.07) is 11.1. The van der Waals surface area contributed by atoms with Crippen molar-refractivity contribution >= 4 is 11.8 Å². The molecule has 0 saturated carbocycles. The molecule has 0 aromatic heterocycles. The van der Waals surface area contributed by atoms with Gasteiger partial charge < -0.3 is 10.5 Å². The molecular formula is C16H17F2NOS. The molecule has 0 spiro atoms. The van der Waals surface area contributed by atoms with E-state index in [0.717, 1.165) is 29.9 Å². The summed E-state index contributed by atoms with van der Waals surface area (Å²) in [4.78, 5) is 0.331. The molecule has 0 aliphatic heterocycles. The molecule has 0 heterocycles. The third kappa shape index (κ3) is 4.72. The van der Waals surface area contributed by atoms with E-state index < -0.39 is 11.6 Å². The normalized spacial score (nSPS) is 10.6. The smallest absolute Gasteiger partial charge is 0.136 e. The highest BCUT2D eigenvalue weighted by Gasteiger charge is 2.05. The minimum absolute atomic E-state index is 0.331. The molecule has 0 fully saturated rings. The highest BCUT2D eigenvalue weighted by atomic mass is 32.2. The van der Waals surface area contributed by atoms with Gasteiger partial charge in [-0.15, -0.1) is 11.8 Å². The highest BCUT2D eigenvalue weighted by Crippen LogP contribution is 2.23. The molecule has 112 valence electrons. The van der Waals surface area contributed by atoms with E-state index in [0.29, 0.717) is 23.8 Å². The fourth-order valence-electron chi connectivity index (χ4n) is 1.82. The van der Waals surface area contributed by atoms with Gasteiger partial charge >= 0.3 is 0 Å². The fraction of sp³-hybridized carbons (Fsp3) is 0.250. The summed E-state index contributed by atoms with van der Waals surface area (Å²) in [5.41, 5.74) is 6.59. The number of ether oxygens (including phenoxy) is 1. The maximum Gasteiger partial charge on any atom is 0.136 e. The molecule has 2 aromatic carbocycles. The number of hydrogen-bond acceptors (Lipinski definition) is 3. The van der Waals surface area contributed by atoms with Gasteiger partial charge in [-0.05, 0) is 30.7 Å². The Morgan fingerprint density at radius 2 is 1.90 bits per heavy atom. The van der Waals surface area contributed by atoms with Crippen LogP contribution in [-0.2, 0) is 6.54 Å². The maximum absolute atomic E-state index is 13.4. The van der Waals surface area contributed by atoms with E-state index in [1.54, 1.807) is 0 Å². The Kier molecular flexibility index (Phi) is 6.02. The Bertz CT molecular complexity index is 592. The highest BCUT2D eigenvalue weighted by molar-refractivity contribution is 7.99. The predicted octanol–water partition coefficient (Wildman–Crippen LogP) is 3.98. The largest absolute Gasteiger partial charge is 0.493 e. The van der Waals surface area contributed by atoms with Crippen molar-refractivity contribution in [2.75, 3.05) is 12.4 Å². The molecule has 0 atom stereocenters. The third-order valence-electron chi connectivity index (χ3n) is 2.89. The minimum Gasteiger partial charge on any atom is -0.493 e. The first-order valence-corrected chi connectivity index (χ1v) is 7.68. The second-order valence-electron chi connectivity index (χ2n) is 4.44. The van der Waals surface area contributed by atoms with Crippen molar-refractivity contribution in [1.82, 2.24) is 0 Å². The lowest BCUT2D eigenvalue weighted by Gasteiger charge is -2.10. The number of rotatable bonds is 7. The van der Waals surface area contributed by atoms with Crippen molar-refractivity contribution in [3.8, 4) is 5.75 Å². The van der Waals surface area contributed by atoms with Gasteiger partial charge in [-0.3, -0.25) is 0 Å². The van der Waals surface area contributed by atoms with E-state index in [1.807, 2.05) is 24.3 Å². The number of para-hydroxylation sites is 1. The van der Waals surface area contributed by atoms with Crippen LogP contribution in [0.1, 0.15) is 12.0 Å². The molecule has 2 rings (SSSR count). The molecule has 21 heavy (non-hydrogen) atoms. The number of halogens is 2. The molecule has 0 saturated heterocycles. The molecule has 0 amide bonds. The van der Waals surface area contributed by atoms with E-state index >= 15 is 0 Å². The molecular weight excluding hydrogens is 292 g/mol. The molecule has 0 unspecified atom stereocenters. The van der Waals surface area contributed by atoms with Gasteiger partial charge in [0.2, 0.25) is 0 Å². The maximum atomic E-state index is 13.4. The topological polar surface area (TPSA) is 35.2 Å². The Balaban J connectivity index is 1.76. The van der Waals surface area contributed by atoms with Gasteiger partial charge in [0, 0.05) is 22.8 Å². The summed E-state index contributed by atoms with van der Waals surface area (Å²) in [7, 11) is 0. The third-order valence-corrected chi connectivity index (χ3v) is 4.01. The van der Waals surface area contributed by atoms with Crippen LogP contribution >= 0.6 is 11.8 Å². The average Bonchev–Trinajstić information content (AvgIpc) is 2.50. The van der Waals surface area contributed by atoms with Crippen LogP contribution in [0.2, 0.25) is 0 Å². The summed E-state index contributed by atoms with van der Waals surface area (Å²) in [6.07, 6.45) is 0.736. The zero-order valence-corrected chi connectivity index (χ0v) is 12.3. The fourth-order valence-corrected chi connectivity index (χ4v) is 2.71. The van der Waals surface area contributed by atoms with Gasteiger partial charge in [0.1, 0.15) is 17.4 Å². The molecule has 2 nitrogen and oxygen atoms in total. The number of nitrogens with two attached hydrogens (primary N) is 1. The van der Waals surface area contributed by atoms with Crippen LogP contribution in [0, 0.1) is 11.6 Å². The second-order valence-corrected chi connectivity index (χ2v) is 5.57. The number of thioether (sulfide) groups is 1. The first-order valence-electron chi connectivity index (χ1n) is 6.69. The number of benzene rings is 2. The van der Waals surface area contributed by atoms with Crippen LogP contribution in [0.25, 0.3) is 0 Å². The zero-order valence-electron chi connectivity index (χ0n) is 11.5. The van der Waals surface area contributed by atoms with Crippen LogP contribution in [0.5, 0.6) is 5.75 Å². The molecule has 0 aliphatic rings. The zero-order chi connectivity index (χ0) is 15.1. The van der Waals surface area contributed by atoms with E-state index in [-0.39, 0.29) is 0 Å². The van der Waals surface area contributed by atoms with Crippen molar-refractivity contribution in [3.63, 3.8) is 0 Å². The van der Waals surface area contributed by atoms with Gasteiger partial charge in [-0.25, -0.2) is 8.78 Å². The first kappa shape index (κ1) is 15.8. The Morgan fingerprint density at radius 1 is 1.10 bits per heavy atom. The number of hydrogen-bond donors (Lipinski definition) is 1. The van der Waals surface area contributed by atoms with E-state index in [2.05, 4.69) is 0 Å². The van der Waals surface area contributed by atoms with Crippen molar-refractivity contribution in [2.24, 2.45) is 5.73 Å². The lowest BCUT2D eigenvalue weighted by molar-refractivity contribution is 0.315. The summed E-state index contributed by atoms with van der Waals surface area (Å²) in [5, 5.41) is 0. The Morgan fingerprint density at radius 3 is 2.71 bits per heavy atom. The van der Waals surface area contributed by atoms with Gasteiger partial charge in [-0.2, -0.15) is 0 Å². The average molecular weight is 309 g/mol. The van der Waals surface area contributed by atoms with Crippen molar-refractivity contribution in [2.45, 2.75) is 17.9 Å². The quantitative estimate of drug-likeness (QED) is 0.620. The Labute approximate surface area is 127 Å². The van der Waals surface area contributed by atoms with Crippen LogP contribution in [0.4, 0.5) is 8.78 Å². The van der Waals surface area contributed by atoms with Gasteiger partial charge in [0.05, 0.1) is 6.61 Å². The van der Waals surface area contributed by atoms with Gasteiger partial charge in [0.15, 0.2) is 0 Å².